The first-order valence-electron chi connectivity index (χ1n) is 5.60. The summed E-state index contributed by atoms with van der Waals surface area (Å²) in [5.74, 6) is 0.711. The van der Waals surface area contributed by atoms with E-state index in [1.54, 1.807) is 0 Å². The zero-order valence-electron chi connectivity index (χ0n) is 8.78. The van der Waals surface area contributed by atoms with Gasteiger partial charge in [0, 0.05) is 5.56 Å². The second-order valence-corrected chi connectivity index (χ2v) is 4.67. The van der Waals surface area contributed by atoms with E-state index < -0.39 is 0 Å². The van der Waals surface area contributed by atoms with Gasteiger partial charge in [0.05, 0.1) is 0 Å². The van der Waals surface area contributed by atoms with E-state index in [0.717, 1.165) is 0 Å². The van der Waals surface area contributed by atoms with Crippen LogP contribution >= 0.6 is 12.6 Å². The summed E-state index contributed by atoms with van der Waals surface area (Å²) in [5, 5.41) is -0.148. The third-order valence-electron chi connectivity index (χ3n) is 3.23. The van der Waals surface area contributed by atoms with Crippen LogP contribution in [0.2, 0.25) is 0 Å². The fraction of sp³-hybridized carbons (Fsp3) is 0.462. The van der Waals surface area contributed by atoms with Crippen molar-refractivity contribution in [1.29, 1.82) is 0 Å². The van der Waals surface area contributed by atoms with Crippen molar-refractivity contribution in [2.75, 3.05) is 0 Å². The molecule has 1 aromatic rings. The summed E-state index contributed by atoms with van der Waals surface area (Å²) < 4.78 is 0. The predicted molar refractivity (Wildman–Crippen MR) is 65.6 cm³/mol. The summed E-state index contributed by atoms with van der Waals surface area (Å²) >= 11 is 3.81. The van der Waals surface area contributed by atoms with Crippen LogP contribution in [-0.4, -0.2) is 5.12 Å². The number of hydrogen-bond donors (Lipinski definition) is 1. The topological polar surface area (TPSA) is 17.1 Å². The lowest BCUT2D eigenvalue weighted by atomic mass is 9.84. The van der Waals surface area contributed by atoms with Crippen LogP contribution in [0, 0.1) is 0 Å². The summed E-state index contributed by atoms with van der Waals surface area (Å²) in [5.41, 5.74) is 2.07. The highest BCUT2D eigenvalue weighted by molar-refractivity contribution is 7.97. The average molecular weight is 220 g/mol. The Kier molecular flexibility index (Phi) is 3.47. The van der Waals surface area contributed by atoms with Crippen molar-refractivity contribution in [3.63, 3.8) is 0 Å². The third kappa shape index (κ3) is 2.63. The third-order valence-corrected chi connectivity index (χ3v) is 3.49. The van der Waals surface area contributed by atoms with Crippen molar-refractivity contribution >= 4 is 17.7 Å². The van der Waals surface area contributed by atoms with Gasteiger partial charge < -0.3 is 0 Å². The van der Waals surface area contributed by atoms with Gasteiger partial charge in [0.1, 0.15) is 0 Å². The highest BCUT2D eigenvalue weighted by atomic mass is 32.1. The zero-order chi connectivity index (χ0) is 10.7. The van der Waals surface area contributed by atoms with Gasteiger partial charge in [-0.25, -0.2) is 0 Å². The zero-order valence-corrected chi connectivity index (χ0v) is 9.67. The molecule has 0 aromatic heterocycles. The molecule has 0 heterocycles. The highest BCUT2D eigenvalue weighted by Crippen LogP contribution is 2.32. The molecule has 1 aliphatic rings. The minimum atomic E-state index is -0.148. The molecular weight excluding hydrogens is 204 g/mol. The van der Waals surface area contributed by atoms with Crippen molar-refractivity contribution in [2.45, 2.75) is 38.0 Å². The highest BCUT2D eigenvalue weighted by Gasteiger charge is 2.15. The van der Waals surface area contributed by atoms with E-state index in [1.807, 2.05) is 12.1 Å². The number of thiol groups is 1. The first kappa shape index (κ1) is 10.7. The average Bonchev–Trinajstić information content (AvgIpc) is 2.30. The van der Waals surface area contributed by atoms with Crippen LogP contribution in [0.1, 0.15) is 53.9 Å². The Morgan fingerprint density at radius 1 is 1.07 bits per heavy atom. The van der Waals surface area contributed by atoms with Crippen LogP contribution in [0.5, 0.6) is 0 Å². The van der Waals surface area contributed by atoms with Crippen molar-refractivity contribution in [3.8, 4) is 0 Å². The Labute approximate surface area is 96.3 Å². The lowest BCUT2D eigenvalue weighted by Gasteiger charge is -2.21. The normalized spacial score (nSPS) is 17.7. The van der Waals surface area contributed by atoms with Crippen molar-refractivity contribution in [3.05, 3.63) is 35.4 Å². The quantitative estimate of drug-likeness (QED) is 0.750. The van der Waals surface area contributed by atoms with Crippen LogP contribution in [0.3, 0.4) is 0 Å². The van der Waals surface area contributed by atoms with Crippen LogP contribution in [0.25, 0.3) is 0 Å². The van der Waals surface area contributed by atoms with Gasteiger partial charge >= 0.3 is 0 Å². The minimum Gasteiger partial charge on any atom is -0.282 e. The van der Waals surface area contributed by atoms with E-state index in [-0.39, 0.29) is 5.12 Å². The lowest BCUT2D eigenvalue weighted by molar-refractivity contribution is 0.109. The molecule has 80 valence electrons. The Morgan fingerprint density at radius 3 is 2.20 bits per heavy atom. The summed E-state index contributed by atoms with van der Waals surface area (Å²) in [7, 11) is 0. The van der Waals surface area contributed by atoms with Crippen molar-refractivity contribution in [2.24, 2.45) is 0 Å². The molecule has 0 N–H and O–H groups in total. The molecule has 1 aliphatic carbocycles. The molecule has 0 unspecified atom stereocenters. The number of carbonyl (C=O) groups is 1. The molecule has 1 nitrogen and oxygen atoms in total. The Hall–Kier alpha value is -0.760. The Bertz CT molecular complexity index is 336. The first-order valence-corrected chi connectivity index (χ1v) is 6.05. The maximum atomic E-state index is 11.0. The SMILES string of the molecule is O=C(S)c1ccc(C2CCCCC2)cc1. The molecule has 1 aromatic carbocycles. The minimum absolute atomic E-state index is 0.148. The molecule has 0 amide bonds. The number of benzene rings is 1. The van der Waals surface area contributed by atoms with Gasteiger partial charge in [0.25, 0.3) is 0 Å². The maximum absolute atomic E-state index is 11.0. The van der Waals surface area contributed by atoms with E-state index >= 15 is 0 Å². The van der Waals surface area contributed by atoms with Gasteiger partial charge in [-0.2, -0.15) is 0 Å². The molecule has 0 aliphatic heterocycles. The first-order chi connectivity index (χ1) is 7.27. The van der Waals surface area contributed by atoms with Gasteiger partial charge in [-0.1, -0.05) is 43.5 Å². The smallest absolute Gasteiger partial charge is 0.216 e. The molecule has 1 saturated carbocycles. The molecule has 0 spiro atoms. The van der Waals surface area contributed by atoms with Crippen molar-refractivity contribution < 1.29 is 4.79 Å². The Balaban J connectivity index is 2.11. The molecule has 0 bridgehead atoms. The molecule has 2 rings (SSSR count). The molecule has 15 heavy (non-hydrogen) atoms. The van der Waals surface area contributed by atoms with Gasteiger partial charge in [-0.05, 0) is 24.3 Å². The van der Waals surface area contributed by atoms with Crippen LogP contribution in [0.4, 0.5) is 0 Å². The lowest BCUT2D eigenvalue weighted by Crippen LogP contribution is -2.04. The molecule has 0 atom stereocenters. The fourth-order valence-electron chi connectivity index (χ4n) is 2.33. The van der Waals surface area contributed by atoms with Gasteiger partial charge in [0.15, 0.2) is 0 Å². The molecule has 1 fully saturated rings. The summed E-state index contributed by atoms with van der Waals surface area (Å²) in [6, 6.07) is 7.94. The van der Waals surface area contributed by atoms with E-state index in [1.165, 1.54) is 37.7 Å². The standard InChI is InChI=1S/C13H16OS/c14-13(15)12-8-6-11(7-9-12)10-4-2-1-3-5-10/h6-10H,1-5H2,(H,14,15). The summed E-state index contributed by atoms with van der Waals surface area (Å²) in [6.07, 6.45) is 6.67. The van der Waals surface area contributed by atoms with E-state index in [2.05, 4.69) is 24.8 Å². The fourth-order valence-corrected chi connectivity index (χ4v) is 2.48. The van der Waals surface area contributed by atoms with Gasteiger partial charge in [0.2, 0.25) is 5.12 Å². The second kappa shape index (κ2) is 4.84. The molecule has 0 saturated heterocycles. The Morgan fingerprint density at radius 2 is 1.67 bits per heavy atom. The van der Waals surface area contributed by atoms with Crippen LogP contribution in [0.15, 0.2) is 24.3 Å². The van der Waals surface area contributed by atoms with E-state index in [0.29, 0.717) is 11.5 Å². The molecular formula is C13H16OS. The largest absolute Gasteiger partial charge is 0.282 e. The monoisotopic (exact) mass is 220 g/mol. The van der Waals surface area contributed by atoms with Crippen LogP contribution in [-0.2, 0) is 0 Å². The molecule has 0 radical (unpaired) electrons. The predicted octanol–water partition coefficient (Wildman–Crippen LogP) is 3.80. The maximum Gasteiger partial charge on any atom is 0.216 e. The van der Waals surface area contributed by atoms with E-state index in [4.69, 9.17) is 0 Å². The molecule has 2 heteroatoms. The van der Waals surface area contributed by atoms with Gasteiger partial charge in [-0.15, -0.1) is 12.6 Å². The second-order valence-electron chi connectivity index (χ2n) is 4.26. The number of hydrogen-bond acceptors (Lipinski definition) is 1. The number of carbonyl (C=O) groups excluding carboxylic acids is 1. The van der Waals surface area contributed by atoms with Crippen LogP contribution < -0.4 is 0 Å². The van der Waals surface area contributed by atoms with E-state index in [9.17, 15) is 4.79 Å². The summed E-state index contributed by atoms with van der Waals surface area (Å²) in [6.45, 7) is 0. The van der Waals surface area contributed by atoms with Crippen molar-refractivity contribution in [1.82, 2.24) is 0 Å². The summed E-state index contributed by atoms with van der Waals surface area (Å²) in [4.78, 5) is 11.0. The number of rotatable bonds is 2. The van der Waals surface area contributed by atoms with Gasteiger partial charge in [-0.3, -0.25) is 4.79 Å².